The second-order valence-electron chi connectivity index (χ2n) is 5.91. The van der Waals surface area contributed by atoms with Crippen LogP contribution in [-0.4, -0.2) is 16.8 Å². The van der Waals surface area contributed by atoms with E-state index in [1.807, 2.05) is 13.8 Å². The fourth-order valence-corrected chi connectivity index (χ4v) is 2.97. The van der Waals surface area contributed by atoms with Crippen LogP contribution < -0.4 is 5.43 Å². The number of hydrazine groups is 1. The van der Waals surface area contributed by atoms with E-state index in [0.717, 1.165) is 23.2 Å². The normalized spacial score (nSPS) is 27.1. The van der Waals surface area contributed by atoms with Crippen molar-refractivity contribution in [1.29, 1.82) is 0 Å². The lowest BCUT2D eigenvalue weighted by Gasteiger charge is -2.26. The number of carbonyl (C=O) groups is 2. The van der Waals surface area contributed by atoms with Gasteiger partial charge in [0.1, 0.15) is 11.6 Å². The molecule has 3 rings (SSSR count). The number of nitrogens with one attached hydrogen (secondary N) is 1. The largest absolute Gasteiger partial charge is 0.273 e. The fraction of sp³-hybridized carbons (Fsp3) is 0.429. The summed E-state index contributed by atoms with van der Waals surface area (Å²) in [5.74, 6) is -2.36. The summed E-state index contributed by atoms with van der Waals surface area (Å²) in [6, 6.07) is 3.04. The first-order valence-electron chi connectivity index (χ1n) is 6.38. The van der Waals surface area contributed by atoms with Crippen LogP contribution in [0.5, 0.6) is 0 Å². The van der Waals surface area contributed by atoms with Gasteiger partial charge in [-0.05, 0) is 23.6 Å². The van der Waals surface area contributed by atoms with E-state index in [-0.39, 0.29) is 41.2 Å². The number of benzene rings is 1. The molecular weight excluding hydrogens is 266 g/mol. The molecule has 2 amide bonds. The van der Waals surface area contributed by atoms with E-state index >= 15 is 0 Å². The molecule has 1 aromatic rings. The highest BCUT2D eigenvalue weighted by atomic mass is 19.1. The number of hydrogen-bond donors (Lipinski definition) is 1. The topological polar surface area (TPSA) is 49.4 Å². The van der Waals surface area contributed by atoms with Gasteiger partial charge in [-0.25, -0.2) is 13.8 Å². The lowest BCUT2D eigenvalue weighted by Crippen LogP contribution is -2.51. The minimum atomic E-state index is -0.606. The van der Waals surface area contributed by atoms with Crippen molar-refractivity contribution in [3.8, 4) is 0 Å². The van der Waals surface area contributed by atoms with Gasteiger partial charge < -0.3 is 0 Å². The molecule has 2 unspecified atom stereocenters. The number of carbonyl (C=O) groups excluding carboxylic acids is 2. The molecule has 1 aromatic carbocycles. The van der Waals surface area contributed by atoms with E-state index in [4.69, 9.17) is 0 Å². The van der Waals surface area contributed by atoms with Gasteiger partial charge in [0.2, 0.25) is 11.8 Å². The number of hydrogen-bond acceptors (Lipinski definition) is 2. The van der Waals surface area contributed by atoms with E-state index in [9.17, 15) is 18.4 Å². The third kappa shape index (κ3) is 1.78. The summed E-state index contributed by atoms with van der Waals surface area (Å²) in [6.07, 6.45) is 0. The van der Waals surface area contributed by atoms with Gasteiger partial charge in [-0.3, -0.25) is 15.0 Å². The Balaban J connectivity index is 1.83. The Hall–Kier alpha value is -1.98. The summed E-state index contributed by atoms with van der Waals surface area (Å²) >= 11 is 0. The molecular formula is C14H14F2N2O2. The van der Waals surface area contributed by atoms with Crippen LogP contribution in [-0.2, 0) is 16.1 Å². The smallest absolute Gasteiger partial charge is 0.245 e. The minimum absolute atomic E-state index is 0.0376. The van der Waals surface area contributed by atoms with Crippen molar-refractivity contribution >= 4 is 11.8 Å². The van der Waals surface area contributed by atoms with Gasteiger partial charge in [-0.15, -0.1) is 0 Å². The maximum atomic E-state index is 13.6. The van der Waals surface area contributed by atoms with Gasteiger partial charge >= 0.3 is 0 Å². The van der Waals surface area contributed by atoms with Crippen molar-refractivity contribution in [2.45, 2.75) is 20.4 Å². The van der Waals surface area contributed by atoms with Crippen molar-refractivity contribution in [3.05, 3.63) is 35.4 Å². The molecule has 0 spiro atoms. The Morgan fingerprint density at radius 2 is 1.95 bits per heavy atom. The molecule has 4 nitrogen and oxygen atoms in total. The van der Waals surface area contributed by atoms with E-state index < -0.39 is 11.6 Å². The first-order valence-corrected chi connectivity index (χ1v) is 6.38. The zero-order valence-electron chi connectivity index (χ0n) is 11.1. The molecule has 1 heterocycles. The predicted molar refractivity (Wildman–Crippen MR) is 65.8 cm³/mol. The van der Waals surface area contributed by atoms with E-state index in [0.29, 0.717) is 0 Å². The van der Waals surface area contributed by atoms with Crippen LogP contribution in [0.4, 0.5) is 8.78 Å². The van der Waals surface area contributed by atoms with E-state index in [2.05, 4.69) is 5.43 Å². The quantitative estimate of drug-likeness (QED) is 0.894. The Morgan fingerprint density at radius 1 is 1.25 bits per heavy atom. The summed E-state index contributed by atoms with van der Waals surface area (Å²) in [5.41, 5.74) is 2.14. The number of halogens is 2. The van der Waals surface area contributed by atoms with E-state index in [1.54, 1.807) is 0 Å². The molecule has 20 heavy (non-hydrogen) atoms. The predicted octanol–water partition coefficient (Wildman–Crippen LogP) is 1.61. The molecule has 6 heteroatoms. The van der Waals surface area contributed by atoms with Gasteiger partial charge in [0.25, 0.3) is 0 Å². The molecule has 106 valence electrons. The summed E-state index contributed by atoms with van der Waals surface area (Å²) in [4.78, 5) is 24.1. The Bertz CT molecular complexity index is 615. The summed E-state index contributed by atoms with van der Waals surface area (Å²) in [7, 11) is 0. The van der Waals surface area contributed by atoms with Crippen LogP contribution in [0.15, 0.2) is 18.2 Å². The molecule has 2 atom stereocenters. The number of nitrogens with zero attached hydrogens (tertiary/aromatic N) is 1. The average molecular weight is 280 g/mol. The highest BCUT2D eigenvalue weighted by Gasteiger charge is 2.68. The Labute approximate surface area is 114 Å². The molecule has 1 N–H and O–H groups in total. The SMILES string of the molecule is CC1(C)C2C(=O)NN(Cc3cc(F)ccc3F)C(=O)C21. The molecule has 2 fully saturated rings. The Kier molecular flexibility index (Phi) is 2.61. The number of amides is 2. The third-order valence-electron chi connectivity index (χ3n) is 4.22. The van der Waals surface area contributed by atoms with Crippen molar-refractivity contribution in [3.63, 3.8) is 0 Å². The van der Waals surface area contributed by atoms with Gasteiger partial charge in [0, 0.05) is 5.56 Å². The highest BCUT2D eigenvalue weighted by molar-refractivity contribution is 5.99. The van der Waals surface area contributed by atoms with Crippen molar-refractivity contribution in [2.24, 2.45) is 17.3 Å². The summed E-state index contributed by atoms with van der Waals surface area (Å²) in [6.45, 7) is 3.53. The molecule has 1 aliphatic carbocycles. The van der Waals surface area contributed by atoms with Crippen LogP contribution in [0, 0.1) is 28.9 Å². The standard InChI is InChI=1S/C14H14F2N2O2/c1-14(2)10-11(14)13(20)18(17-12(10)19)6-7-5-8(15)3-4-9(7)16/h3-5,10-11H,6H2,1-2H3,(H,17,19). The second-order valence-corrected chi connectivity index (χ2v) is 5.91. The monoisotopic (exact) mass is 280 g/mol. The van der Waals surface area contributed by atoms with Crippen molar-refractivity contribution in [2.75, 3.05) is 0 Å². The first kappa shape index (κ1) is 13.0. The third-order valence-corrected chi connectivity index (χ3v) is 4.22. The van der Waals surface area contributed by atoms with Gasteiger partial charge in [0.05, 0.1) is 18.4 Å². The maximum absolute atomic E-state index is 13.6. The zero-order valence-corrected chi connectivity index (χ0v) is 11.1. The maximum Gasteiger partial charge on any atom is 0.245 e. The molecule has 0 radical (unpaired) electrons. The van der Waals surface area contributed by atoms with Gasteiger partial charge in [-0.1, -0.05) is 13.8 Å². The second kappa shape index (κ2) is 4.01. The number of rotatable bonds is 2. The molecule has 1 saturated heterocycles. The molecule has 1 saturated carbocycles. The summed E-state index contributed by atoms with van der Waals surface area (Å²) in [5, 5.41) is 1.08. The molecule has 0 aromatic heterocycles. The lowest BCUT2D eigenvalue weighted by atomic mass is 10.1. The molecule has 1 aliphatic heterocycles. The first-order chi connectivity index (χ1) is 9.32. The van der Waals surface area contributed by atoms with Crippen molar-refractivity contribution in [1.82, 2.24) is 10.4 Å². The highest BCUT2D eigenvalue weighted by Crippen LogP contribution is 2.60. The van der Waals surface area contributed by atoms with Crippen LogP contribution in [0.2, 0.25) is 0 Å². The Morgan fingerprint density at radius 3 is 2.65 bits per heavy atom. The van der Waals surface area contributed by atoms with Crippen LogP contribution in [0.3, 0.4) is 0 Å². The number of fused-ring (bicyclic) bond motifs is 1. The van der Waals surface area contributed by atoms with Crippen LogP contribution in [0.25, 0.3) is 0 Å². The summed E-state index contributed by atoms with van der Waals surface area (Å²) < 4.78 is 26.7. The van der Waals surface area contributed by atoms with Crippen LogP contribution in [0.1, 0.15) is 19.4 Å². The molecule has 0 bridgehead atoms. The average Bonchev–Trinajstić information content (AvgIpc) is 2.94. The minimum Gasteiger partial charge on any atom is -0.273 e. The fourth-order valence-electron chi connectivity index (χ4n) is 2.97. The molecule has 2 aliphatic rings. The lowest BCUT2D eigenvalue weighted by molar-refractivity contribution is -0.148. The zero-order chi connectivity index (χ0) is 14.7. The van der Waals surface area contributed by atoms with E-state index in [1.165, 1.54) is 0 Å². The van der Waals surface area contributed by atoms with Crippen LogP contribution >= 0.6 is 0 Å². The van der Waals surface area contributed by atoms with Gasteiger partial charge in [0.15, 0.2) is 0 Å². The van der Waals surface area contributed by atoms with Gasteiger partial charge in [-0.2, -0.15) is 0 Å². The van der Waals surface area contributed by atoms with Crippen molar-refractivity contribution < 1.29 is 18.4 Å².